The molecular formula is C11H10BrF2NO2. The maximum Gasteiger partial charge on any atom is 0.331 e. The monoisotopic (exact) mass is 305 g/mol. The maximum absolute atomic E-state index is 13.3. The molecule has 0 bridgehead atoms. The van der Waals surface area contributed by atoms with Crippen molar-refractivity contribution in [3.05, 3.63) is 39.9 Å². The van der Waals surface area contributed by atoms with Crippen LogP contribution in [0.25, 0.3) is 0 Å². The fourth-order valence-corrected chi connectivity index (χ4v) is 1.51. The Morgan fingerprint density at radius 1 is 1.47 bits per heavy atom. The van der Waals surface area contributed by atoms with Gasteiger partial charge in [0.2, 0.25) is 0 Å². The number of halogens is 3. The molecule has 0 radical (unpaired) electrons. The van der Waals surface area contributed by atoms with Gasteiger partial charge in [-0.1, -0.05) is 22.0 Å². The van der Waals surface area contributed by atoms with E-state index in [9.17, 15) is 13.6 Å². The minimum atomic E-state index is -1.07. The quantitative estimate of drug-likeness (QED) is 0.840. The Balaban J connectivity index is 2.77. The van der Waals surface area contributed by atoms with E-state index in [0.29, 0.717) is 4.47 Å². The molecule has 0 aliphatic rings. The standard InChI is InChI=1S/C11H10BrF2NO2/c1-6(11(16)17)2-3-15-10-8(13)4-7(12)5-9(10)14/h2,4-5,15H,3H2,1H3,(H,16,17). The van der Waals surface area contributed by atoms with Crippen molar-refractivity contribution < 1.29 is 18.7 Å². The van der Waals surface area contributed by atoms with Crippen molar-refractivity contribution in [1.29, 1.82) is 0 Å². The smallest absolute Gasteiger partial charge is 0.331 e. The molecule has 0 fully saturated rings. The van der Waals surface area contributed by atoms with Crippen molar-refractivity contribution in [2.45, 2.75) is 6.92 Å². The zero-order chi connectivity index (χ0) is 13.0. The van der Waals surface area contributed by atoms with E-state index in [0.717, 1.165) is 12.1 Å². The molecular weight excluding hydrogens is 296 g/mol. The number of carbonyl (C=O) groups is 1. The summed E-state index contributed by atoms with van der Waals surface area (Å²) in [4.78, 5) is 10.5. The molecule has 0 aliphatic carbocycles. The summed E-state index contributed by atoms with van der Waals surface area (Å²) in [5.74, 6) is -2.54. The third-order valence-corrected chi connectivity index (χ3v) is 2.49. The molecule has 3 nitrogen and oxygen atoms in total. The van der Waals surface area contributed by atoms with Gasteiger partial charge in [0.1, 0.15) is 17.3 Å². The van der Waals surface area contributed by atoms with E-state index < -0.39 is 17.6 Å². The van der Waals surface area contributed by atoms with Crippen molar-refractivity contribution in [3.8, 4) is 0 Å². The third kappa shape index (κ3) is 3.81. The zero-order valence-electron chi connectivity index (χ0n) is 8.93. The van der Waals surface area contributed by atoms with Crippen molar-refractivity contribution in [1.82, 2.24) is 0 Å². The molecule has 0 saturated heterocycles. The summed E-state index contributed by atoms with van der Waals surface area (Å²) in [6, 6.07) is 2.25. The van der Waals surface area contributed by atoms with Gasteiger partial charge in [-0.25, -0.2) is 13.6 Å². The lowest BCUT2D eigenvalue weighted by molar-refractivity contribution is -0.132. The van der Waals surface area contributed by atoms with Gasteiger partial charge in [-0.05, 0) is 19.1 Å². The molecule has 1 aromatic carbocycles. The number of carboxylic acid groups (broad SMARTS) is 1. The Morgan fingerprint density at radius 3 is 2.47 bits per heavy atom. The van der Waals surface area contributed by atoms with Crippen LogP contribution >= 0.6 is 15.9 Å². The molecule has 6 heteroatoms. The normalized spacial score (nSPS) is 11.4. The second-order valence-electron chi connectivity index (χ2n) is 3.32. The number of carboxylic acids is 1. The van der Waals surface area contributed by atoms with Gasteiger partial charge >= 0.3 is 5.97 Å². The van der Waals surface area contributed by atoms with Crippen LogP contribution in [0.15, 0.2) is 28.3 Å². The summed E-state index contributed by atoms with van der Waals surface area (Å²) < 4.78 is 27.0. The van der Waals surface area contributed by atoms with Crippen molar-refractivity contribution in [3.63, 3.8) is 0 Å². The van der Waals surface area contributed by atoms with Gasteiger partial charge in [-0.3, -0.25) is 0 Å². The van der Waals surface area contributed by atoms with Crippen LogP contribution in [0.4, 0.5) is 14.5 Å². The van der Waals surface area contributed by atoms with Crippen LogP contribution in [0.3, 0.4) is 0 Å². The largest absolute Gasteiger partial charge is 0.478 e. The Hall–Kier alpha value is -1.43. The first-order valence-corrected chi connectivity index (χ1v) is 5.49. The highest BCUT2D eigenvalue weighted by molar-refractivity contribution is 9.10. The van der Waals surface area contributed by atoms with Crippen LogP contribution in [0.5, 0.6) is 0 Å². The van der Waals surface area contributed by atoms with E-state index in [4.69, 9.17) is 5.11 Å². The fraction of sp³-hybridized carbons (Fsp3) is 0.182. The van der Waals surface area contributed by atoms with Crippen LogP contribution in [-0.2, 0) is 4.79 Å². The minimum Gasteiger partial charge on any atom is -0.478 e. The van der Waals surface area contributed by atoms with Crippen molar-refractivity contribution >= 4 is 27.6 Å². The fourth-order valence-electron chi connectivity index (χ4n) is 1.10. The molecule has 0 heterocycles. The number of nitrogens with one attached hydrogen (secondary N) is 1. The minimum absolute atomic E-state index is 0.0353. The second kappa shape index (κ2) is 5.77. The zero-order valence-corrected chi connectivity index (χ0v) is 10.5. The molecule has 0 unspecified atom stereocenters. The Bertz CT molecular complexity index is 452. The Labute approximate surface area is 105 Å². The average molecular weight is 306 g/mol. The lowest BCUT2D eigenvalue weighted by Crippen LogP contribution is -2.06. The summed E-state index contributed by atoms with van der Waals surface area (Å²) in [6.07, 6.45) is 1.34. The number of benzene rings is 1. The van der Waals surface area contributed by atoms with Gasteiger partial charge < -0.3 is 10.4 Å². The van der Waals surface area contributed by atoms with E-state index in [-0.39, 0.29) is 17.8 Å². The number of rotatable bonds is 4. The van der Waals surface area contributed by atoms with Crippen LogP contribution < -0.4 is 5.32 Å². The summed E-state index contributed by atoms with van der Waals surface area (Å²) in [5.41, 5.74) is -0.168. The molecule has 17 heavy (non-hydrogen) atoms. The first-order valence-electron chi connectivity index (χ1n) is 4.70. The summed E-state index contributed by atoms with van der Waals surface area (Å²) in [5, 5.41) is 11.1. The maximum atomic E-state index is 13.3. The molecule has 0 spiro atoms. The predicted molar refractivity (Wildman–Crippen MR) is 63.9 cm³/mol. The summed E-state index contributed by atoms with van der Waals surface area (Å²) in [6.45, 7) is 1.44. The van der Waals surface area contributed by atoms with Crippen molar-refractivity contribution in [2.75, 3.05) is 11.9 Å². The van der Waals surface area contributed by atoms with E-state index >= 15 is 0 Å². The van der Waals surface area contributed by atoms with E-state index in [2.05, 4.69) is 21.2 Å². The number of anilines is 1. The predicted octanol–water partition coefficient (Wildman–Crippen LogP) is 3.17. The third-order valence-electron chi connectivity index (χ3n) is 2.03. The number of hydrogen-bond acceptors (Lipinski definition) is 2. The first kappa shape index (κ1) is 13.6. The van der Waals surface area contributed by atoms with Crippen molar-refractivity contribution in [2.24, 2.45) is 0 Å². The van der Waals surface area contributed by atoms with E-state index in [1.807, 2.05) is 0 Å². The molecule has 0 aromatic heterocycles. The number of hydrogen-bond donors (Lipinski definition) is 2. The molecule has 0 atom stereocenters. The second-order valence-corrected chi connectivity index (χ2v) is 4.23. The van der Waals surface area contributed by atoms with E-state index in [1.54, 1.807) is 0 Å². The van der Waals surface area contributed by atoms with Crippen LogP contribution in [0.1, 0.15) is 6.92 Å². The first-order chi connectivity index (χ1) is 7.91. The molecule has 0 saturated carbocycles. The lowest BCUT2D eigenvalue weighted by Gasteiger charge is -2.07. The topological polar surface area (TPSA) is 49.3 Å². The average Bonchev–Trinajstić information content (AvgIpc) is 2.21. The molecule has 1 rings (SSSR count). The van der Waals surface area contributed by atoms with Crippen LogP contribution in [0.2, 0.25) is 0 Å². The summed E-state index contributed by atoms with van der Waals surface area (Å²) >= 11 is 2.96. The van der Waals surface area contributed by atoms with Crippen LogP contribution in [0, 0.1) is 11.6 Å². The Morgan fingerprint density at radius 2 is 2.00 bits per heavy atom. The van der Waals surface area contributed by atoms with E-state index in [1.165, 1.54) is 13.0 Å². The highest BCUT2D eigenvalue weighted by Gasteiger charge is 2.09. The van der Waals surface area contributed by atoms with Gasteiger partial charge in [-0.2, -0.15) is 0 Å². The van der Waals surface area contributed by atoms with Gasteiger partial charge in [-0.15, -0.1) is 0 Å². The molecule has 92 valence electrons. The molecule has 0 amide bonds. The highest BCUT2D eigenvalue weighted by Crippen LogP contribution is 2.23. The van der Waals surface area contributed by atoms with Gasteiger partial charge in [0.25, 0.3) is 0 Å². The van der Waals surface area contributed by atoms with Crippen LogP contribution in [-0.4, -0.2) is 17.6 Å². The Kier molecular flexibility index (Phi) is 4.62. The molecule has 2 N–H and O–H groups in total. The van der Waals surface area contributed by atoms with Gasteiger partial charge in [0, 0.05) is 16.6 Å². The number of aliphatic carboxylic acids is 1. The van der Waals surface area contributed by atoms with Gasteiger partial charge in [0.05, 0.1) is 0 Å². The lowest BCUT2D eigenvalue weighted by atomic mass is 10.2. The molecule has 1 aromatic rings. The summed E-state index contributed by atoms with van der Waals surface area (Å²) in [7, 11) is 0. The SMILES string of the molecule is CC(=CCNc1c(F)cc(Br)cc1F)C(=O)O. The highest BCUT2D eigenvalue weighted by atomic mass is 79.9. The molecule has 0 aliphatic heterocycles. The van der Waals surface area contributed by atoms with Gasteiger partial charge in [0.15, 0.2) is 0 Å².